The normalized spacial score (nSPS) is 21.1. The van der Waals surface area contributed by atoms with Gasteiger partial charge in [-0.15, -0.1) is 11.3 Å². The van der Waals surface area contributed by atoms with Crippen LogP contribution in [0.2, 0.25) is 0 Å². The first kappa shape index (κ1) is 14.7. The van der Waals surface area contributed by atoms with Crippen molar-refractivity contribution >= 4 is 28.8 Å². The fraction of sp³-hybridized carbons (Fsp3) is 0.267. The molecule has 2 amide bonds. The first-order chi connectivity index (χ1) is 10.6. The first-order valence-corrected chi connectivity index (χ1v) is 7.75. The summed E-state index contributed by atoms with van der Waals surface area (Å²) in [5.41, 5.74) is -1.33. The third-order valence-electron chi connectivity index (χ3n) is 3.62. The second-order valence-electron chi connectivity index (χ2n) is 5.01. The number of para-hydroxylation sites is 1. The van der Waals surface area contributed by atoms with Gasteiger partial charge in [0.1, 0.15) is 5.01 Å². The molecule has 7 heteroatoms. The third kappa shape index (κ3) is 2.60. The lowest BCUT2D eigenvalue weighted by Crippen LogP contribution is -2.52. The summed E-state index contributed by atoms with van der Waals surface area (Å²) in [4.78, 5) is 30.1. The van der Waals surface area contributed by atoms with E-state index in [4.69, 9.17) is 0 Å². The fourth-order valence-corrected chi connectivity index (χ4v) is 2.97. The smallest absolute Gasteiger partial charge is 0.268 e. The van der Waals surface area contributed by atoms with Gasteiger partial charge in [-0.1, -0.05) is 18.2 Å². The lowest BCUT2D eigenvalue weighted by molar-refractivity contribution is -0.149. The molecule has 2 heterocycles. The summed E-state index contributed by atoms with van der Waals surface area (Å²) < 4.78 is 0. The van der Waals surface area contributed by atoms with Crippen molar-refractivity contribution in [2.75, 3.05) is 11.4 Å². The lowest BCUT2D eigenvalue weighted by atomic mass is 10.0. The molecule has 6 nitrogen and oxygen atoms in total. The van der Waals surface area contributed by atoms with Crippen LogP contribution in [-0.2, 0) is 16.1 Å². The lowest BCUT2D eigenvalue weighted by Gasteiger charge is -2.21. The molecular weight excluding hydrogens is 302 g/mol. The van der Waals surface area contributed by atoms with Gasteiger partial charge in [0, 0.05) is 30.2 Å². The van der Waals surface area contributed by atoms with E-state index in [9.17, 15) is 14.7 Å². The van der Waals surface area contributed by atoms with Crippen molar-refractivity contribution in [1.82, 2.24) is 10.3 Å². The van der Waals surface area contributed by atoms with Crippen LogP contribution in [-0.4, -0.2) is 34.1 Å². The summed E-state index contributed by atoms with van der Waals surface area (Å²) >= 11 is 1.40. The average molecular weight is 317 g/mol. The van der Waals surface area contributed by atoms with E-state index in [1.54, 1.807) is 23.7 Å². The van der Waals surface area contributed by atoms with E-state index in [0.29, 0.717) is 12.2 Å². The molecule has 0 bridgehead atoms. The Balaban J connectivity index is 1.70. The van der Waals surface area contributed by atoms with Crippen molar-refractivity contribution < 1.29 is 14.7 Å². The maximum atomic E-state index is 12.4. The molecule has 3 rings (SSSR count). The number of anilines is 1. The second-order valence-corrected chi connectivity index (χ2v) is 5.99. The summed E-state index contributed by atoms with van der Waals surface area (Å²) in [6, 6.07) is 9.01. The number of thiazole rings is 1. The van der Waals surface area contributed by atoms with Crippen LogP contribution < -0.4 is 10.2 Å². The Kier molecular flexibility index (Phi) is 3.91. The molecule has 1 aliphatic rings. The second kappa shape index (κ2) is 5.86. The van der Waals surface area contributed by atoms with Gasteiger partial charge in [-0.2, -0.15) is 0 Å². The maximum Gasteiger partial charge on any atom is 0.268 e. The number of carbonyl (C=O) groups is 2. The molecule has 1 aromatic carbocycles. The zero-order valence-electron chi connectivity index (χ0n) is 11.7. The van der Waals surface area contributed by atoms with Crippen LogP contribution in [0.3, 0.4) is 0 Å². The van der Waals surface area contributed by atoms with Crippen LogP contribution in [0.15, 0.2) is 41.9 Å². The van der Waals surface area contributed by atoms with Gasteiger partial charge in [-0.3, -0.25) is 9.59 Å². The number of hydrogen-bond acceptors (Lipinski definition) is 5. The Morgan fingerprint density at radius 2 is 2.18 bits per heavy atom. The highest BCUT2D eigenvalue weighted by Gasteiger charge is 2.51. The van der Waals surface area contributed by atoms with E-state index >= 15 is 0 Å². The molecule has 2 N–H and O–H groups in total. The number of benzene rings is 1. The summed E-state index contributed by atoms with van der Waals surface area (Å²) in [5.74, 6) is -1.26. The average Bonchev–Trinajstić information content (AvgIpc) is 3.16. The molecule has 0 radical (unpaired) electrons. The molecule has 0 aliphatic carbocycles. The Morgan fingerprint density at radius 3 is 2.86 bits per heavy atom. The highest BCUT2D eigenvalue weighted by atomic mass is 32.1. The van der Waals surface area contributed by atoms with Crippen molar-refractivity contribution in [2.24, 2.45) is 0 Å². The van der Waals surface area contributed by atoms with Crippen molar-refractivity contribution in [3.8, 4) is 0 Å². The number of aliphatic hydroxyl groups is 1. The Hall–Kier alpha value is -2.25. The zero-order chi connectivity index (χ0) is 15.6. The summed E-state index contributed by atoms with van der Waals surface area (Å²) in [6.45, 7) is 0.515. The molecule has 1 fully saturated rings. The summed E-state index contributed by atoms with van der Waals surface area (Å²) in [7, 11) is 0. The van der Waals surface area contributed by atoms with Crippen LogP contribution >= 0.6 is 11.3 Å². The highest BCUT2D eigenvalue weighted by molar-refractivity contribution is 7.09. The molecule has 1 atom stereocenters. The van der Waals surface area contributed by atoms with Crippen molar-refractivity contribution in [3.05, 3.63) is 46.9 Å². The number of aromatic nitrogens is 1. The Morgan fingerprint density at radius 1 is 1.41 bits per heavy atom. The van der Waals surface area contributed by atoms with Gasteiger partial charge in [-0.05, 0) is 12.1 Å². The Labute approximate surface area is 131 Å². The van der Waals surface area contributed by atoms with Crippen LogP contribution in [0.4, 0.5) is 5.69 Å². The van der Waals surface area contributed by atoms with Gasteiger partial charge >= 0.3 is 0 Å². The van der Waals surface area contributed by atoms with Crippen molar-refractivity contribution in [1.29, 1.82) is 0 Å². The van der Waals surface area contributed by atoms with E-state index in [1.807, 2.05) is 18.2 Å². The first-order valence-electron chi connectivity index (χ1n) is 6.87. The van der Waals surface area contributed by atoms with E-state index in [2.05, 4.69) is 10.3 Å². The van der Waals surface area contributed by atoms with Gasteiger partial charge in [-0.25, -0.2) is 4.98 Å². The van der Waals surface area contributed by atoms with Gasteiger partial charge < -0.3 is 15.3 Å². The molecule has 0 spiro atoms. The fourth-order valence-electron chi connectivity index (χ4n) is 2.41. The predicted molar refractivity (Wildman–Crippen MR) is 82.3 cm³/mol. The molecular formula is C15H15N3O3S. The minimum absolute atomic E-state index is 0.0738. The van der Waals surface area contributed by atoms with Gasteiger partial charge in [0.25, 0.3) is 11.8 Å². The maximum absolute atomic E-state index is 12.4. The molecule has 114 valence electrons. The van der Waals surface area contributed by atoms with Crippen molar-refractivity contribution in [2.45, 2.75) is 18.6 Å². The molecule has 1 aromatic heterocycles. The van der Waals surface area contributed by atoms with Crippen LogP contribution in [0, 0.1) is 0 Å². The van der Waals surface area contributed by atoms with Gasteiger partial charge in [0.2, 0.25) is 5.60 Å². The minimum atomic E-state index is -2.01. The molecule has 2 aromatic rings. The third-order valence-corrected chi connectivity index (χ3v) is 4.40. The largest absolute Gasteiger partial charge is 0.372 e. The standard InChI is InChI=1S/C15H15N3O3S/c19-13(17-10-12-16-7-9-22-12)15(21)6-8-18(14(15)20)11-4-2-1-3-5-11/h1-5,7,9,21H,6,8,10H2,(H,17,19). The monoisotopic (exact) mass is 317 g/mol. The Bertz CT molecular complexity index is 675. The van der Waals surface area contributed by atoms with Crippen molar-refractivity contribution in [3.63, 3.8) is 0 Å². The SMILES string of the molecule is O=C(NCc1nccs1)C1(O)CCN(c2ccccc2)C1=O. The minimum Gasteiger partial charge on any atom is -0.372 e. The predicted octanol–water partition coefficient (Wildman–Crippen LogP) is 0.927. The molecule has 22 heavy (non-hydrogen) atoms. The summed E-state index contributed by atoms with van der Waals surface area (Å²) in [6.07, 6.45) is 1.71. The number of nitrogens with one attached hydrogen (secondary N) is 1. The quantitative estimate of drug-likeness (QED) is 0.822. The van der Waals surface area contributed by atoms with Gasteiger partial charge in [0.15, 0.2) is 0 Å². The highest BCUT2D eigenvalue weighted by Crippen LogP contribution is 2.28. The number of hydrogen-bond donors (Lipinski definition) is 2. The van der Waals surface area contributed by atoms with E-state index in [-0.39, 0.29) is 13.0 Å². The number of rotatable bonds is 4. The zero-order valence-corrected chi connectivity index (χ0v) is 12.5. The van der Waals surface area contributed by atoms with Crippen LogP contribution in [0.5, 0.6) is 0 Å². The summed E-state index contributed by atoms with van der Waals surface area (Å²) in [5, 5.41) is 15.6. The van der Waals surface area contributed by atoms with Crippen LogP contribution in [0.25, 0.3) is 0 Å². The molecule has 1 aliphatic heterocycles. The van der Waals surface area contributed by atoms with E-state index < -0.39 is 17.4 Å². The van der Waals surface area contributed by atoms with Gasteiger partial charge in [0.05, 0.1) is 6.54 Å². The molecule has 1 saturated heterocycles. The van der Waals surface area contributed by atoms with Crippen LogP contribution in [0.1, 0.15) is 11.4 Å². The molecule has 1 unspecified atom stereocenters. The number of nitrogens with zero attached hydrogens (tertiary/aromatic N) is 2. The number of carbonyl (C=O) groups excluding carboxylic acids is 2. The topological polar surface area (TPSA) is 82.5 Å². The van der Waals surface area contributed by atoms with E-state index in [1.165, 1.54) is 16.2 Å². The number of amides is 2. The van der Waals surface area contributed by atoms with E-state index in [0.717, 1.165) is 5.01 Å². The molecule has 0 saturated carbocycles.